The van der Waals surface area contributed by atoms with E-state index in [1.807, 2.05) is 24.3 Å². The number of amides is 1. The van der Waals surface area contributed by atoms with Crippen molar-refractivity contribution in [3.63, 3.8) is 0 Å². The van der Waals surface area contributed by atoms with Crippen LogP contribution in [0.3, 0.4) is 0 Å². The molecule has 25 heavy (non-hydrogen) atoms. The Hall–Kier alpha value is -2.83. The molecular formula is C18H21N3O4. The summed E-state index contributed by atoms with van der Waals surface area (Å²) in [7, 11) is 3.35. The Morgan fingerprint density at radius 2 is 2.16 bits per heavy atom. The predicted octanol–water partition coefficient (Wildman–Crippen LogP) is 1.99. The van der Waals surface area contributed by atoms with Crippen LogP contribution >= 0.6 is 0 Å². The highest BCUT2D eigenvalue weighted by Gasteiger charge is 2.41. The number of ether oxygens (including phenoxy) is 1. The molecule has 1 N–H and O–H groups in total. The average Bonchev–Trinajstić information content (AvgIpc) is 3.02. The van der Waals surface area contributed by atoms with E-state index >= 15 is 0 Å². The fraction of sp³-hybridized carbons (Fsp3) is 0.389. The summed E-state index contributed by atoms with van der Waals surface area (Å²) in [5.41, 5.74) is 1.58. The minimum Gasteiger partial charge on any atom is -0.496 e. The van der Waals surface area contributed by atoms with E-state index in [1.54, 1.807) is 36.1 Å². The van der Waals surface area contributed by atoms with Crippen molar-refractivity contribution in [2.45, 2.75) is 25.4 Å². The molecule has 7 heteroatoms. The average molecular weight is 343 g/mol. The van der Waals surface area contributed by atoms with Crippen molar-refractivity contribution >= 4 is 11.9 Å². The number of aryl methyl sites for hydroxylation is 1. The molecule has 1 amide bonds. The zero-order valence-electron chi connectivity index (χ0n) is 14.3. The molecule has 2 heterocycles. The number of aliphatic carboxylic acids is 1. The maximum Gasteiger partial charge on any atom is 0.308 e. The third-order valence-electron chi connectivity index (χ3n) is 4.62. The van der Waals surface area contributed by atoms with Gasteiger partial charge in [0.25, 0.3) is 0 Å². The minimum atomic E-state index is -0.897. The lowest BCUT2D eigenvalue weighted by Gasteiger charge is -2.39. The first-order valence-electron chi connectivity index (χ1n) is 8.14. The van der Waals surface area contributed by atoms with Crippen LogP contribution in [0.2, 0.25) is 0 Å². The van der Waals surface area contributed by atoms with Gasteiger partial charge in [-0.1, -0.05) is 18.2 Å². The van der Waals surface area contributed by atoms with Gasteiger partial charge in [0.1, 0.15) is 5.75 Å². The Balaban J connectivity index is 2.00. The van der Waals surface area contributed by atoms with Crippen molar-refractivity contribution in [3.05, 3.63) is 47.8 Å². The number of carbonyl (C=O) groups is 2. The number of carboxylic acids is 1. The number of aromatic nitrogens is 2. The SMILES string of the molecule is COc1ccccc1CN1C(=O)CCC(C(=O)O)C1c1cnn(C)c1. The number of likely N-dealkylation sites (tertiary alicyclic amines) is 1. The molecular weight excluding hydrogens is 322 g/mol. The first-order chi connectivity index (χ1) is 12.0. The van der Waals surface area contributed by atoms with Crippen LogP contribution in [0.25, 0.3) is 0 Å². The van der Waals surface area contributed by atoms with Gasteiger partial charge in [-0.05, 0) is 12.5 Å². The van der Waals surface area contributed by atoms with Gasteiger partial charge in [-0.15, -0.1) is 0 Å². The second-order valence-electron chi connectivity index (χ2n) is 6.21. The van der Waals surface area contributed by atoms with Crippen molar-refractivity contribution < 1.29 is 19.4 Å². The van der Waals surface area contributed by atoms with Crippen LogP contribution in [0, 0.1) is 5.92 Å². The first-order valence-corrected chi connectivity index (χ1v) is 8.14. The summed E-state index contributed by atoms with van der Waals surface area (Å²) in [6.07, 6.45) is 3.96. The zero-order valence-corrected chi connectivity index (χ0v) is 14.3. The van der Waals surface area contributed by atoms with Crippen LogP contribution in [-0.2, 0) is 23.2 Å². The maximum absolute atomic E-state index is 12.6. The van der Waals surface area contributed by atoms with Gasteiger partial charge in [0.15, 0.2) is 0 Å². The molecule has 1 fully saturated rings. The van der Waals surface area contributed by atoms with Crippen LogP contribution in [0.5, 0.6) is 5.75 Å². The summed E-state index contributed by atoms with van der Waals surface area (Å²) in [6, 6.07) is 6.91. The number of carboxylic acid groups (broad SMARTS) is 1. The Bertz CT molecular complexity index is 786. The smallest absolute Gasteiger partial charge is 0.308 e. The fourth-order valence-electron chi connectivity index (χ4n) is 3.42. The summed E-state index contributed by atoms with van der Waals surface area (Å²) in [5.74, 6) is -0.932. The summed E-state index contributed by atoms with van der Waals surface area (Å²) in [5, 5.41) is 13.8. The highest BCUT2D eigenvalue weighted by Crippen LogP contribution is 2.38. The molecule has 2 atom stereocenters. The van der Waals surface area contributed by atoms with E-state index in [0.29, 0.717) is 18.7 Å². The molecule has 1 saturated heterocycles. The monoisotopic (exact) mass is 343 g/mol. The molecule has 0 saturated carbocycles. The van der Waals surface area contributed by atoms with Crippen LogP contribution in [0.1, 0.15) is 30.0 Å². The lowest BCUT2D eigenvalue weighted by Crippen LogP contribution is -2.44. The second-order valence-corrected chi connectivity index (χ2v) is 6.21. The molecule has 3 rings (SSSR count). The van der Waals surface area contributed by atoms with Crippen molar-refractivity contribution in [1.29, 1.82) is 0 Å². The number of rotatable bonds is 5. The third-order valence-corrected chi connectivity index (χ3v) is 4.62. The summed E-state index contributed by atoms with van der Waals surface area (Å²) in [6.45, 7) is 0.298. The van der Waals surface area contributed by atoms with E-state index in [1.165, 1.54) is 0 Å². The zero-order chi connectivity index (χ0) is 18.0. The number of nitrogens with zero attached hydrogens (tertiary/aromatic N) is 3. The Morgan fingerprint density at radius 1 is 1.40 bits per heavy atom. The van der Waals surface area contributed by atoms with Gasteiger partial charge in [-0.2, -0.15) is 5.10 Å². The van der Waals surface area contributed by atoms with Gasteiger partial charge < -0.3 is 14.7 Å². The van der Waals surface area contributed by atoms with E-state index in [-0.39, 0.29) is 12.3 Å². The number of piperidine rings is 1. The van der Waals surface area contributed by atoms with Crippen LogP contribution in [-0.4, -0.2) is 38.8 Å². The normalized spacial score (nSPS) is 20.6. The predicted molar refractivity (Wildman–Crippen MR) is 89.9 cm³/mol. The Labute approximate surface area is 145 Å². The van der Waals surface area contributed by atoms with E-state index in [0.717, 1.165) is 11.1 Å². The molecule has 0 radical (unpaired) electrons. The minimum absolute atomic E-state index is 0.0581. The molecule has 0 aliphatic carbocycles. The van der Waals surface area contributed by atoms with E-state index < -0.39 is 17.9 Å². The Morgan fingerprint density at radius 3 is 2.80 bits per heavy atom. The number of methoxy groups -OCH3 is 1. The summed E-state index contributed by atoms with van der Waals surface area (Å²) in [4.78, 5) is 26.0. The molecule has 1 aromatic heterocycles. The molecule has 1 aliphatic rings. The van der Waals surface area contributed by atoms with Crippen LogP contribution in [0.15, 0.2) is 36.7 Å². The number of carbonyl (C=O) groups excluding carboxylic acids is 1. The number of benzene rings is 1. The molecule has 2 aromatic rings. The van der Waals surface area contributed by atoms with Gasteiger partial charge in [-0.25, -0.2) is 0 Å². The van der Waals surface area contributed by atoms with Gasteiger partial charge in [-0.3, -0.25) is 14.3 Å². The van der Waals surface area contributed by atoms with Crippen LogP contribution in [0.4, 0.5) is 0 Å². The molecule has 0 spiro atoms. The molecule has 1 aliphatic heterocycles. The lowest BCUT2D eigenvalue weighted by atomic mass is 9.85. The largest absolute Gasteiger partial charge is 0.496 e. The molecule has 1 aromatic carbocycles. The van der Waals surface area contributed by atoms with E-state index in [2.05, 4.69) is 5.10 Å². The quantitative estimate of drug-likeness (QED) is 0.897. The van der Waals surface area contributed by atoms with E-state index in [9.17, 15) is 14.7 Å². The van der Waals surface area contributed by atoms with Gasteiger partial charge in [0.05, 0.1) is 25.3 Å². The summed E-state index contributed by atoms with van der Waals surface area (Å²) >= 11 is 0. The standard InChI is InChI=1S/C18H21N3O4/c1-20-10-13(9-19-20)17-14(18(23)24)7-8-16(22)21(17)11-12-5-3-4-6-15(12)25-2/h3-6,9-10,14,17H,7-8,11H2,1-2H3,(H,23,24). The van der Waals surface area contributed by atoms with Crippen molar-refractivity contribution in [1.82, 2.24) is 14.7 Å². The molecule has 0 bridgehead atoms. The molecule has 132 valence electrons. The van der Waals surface area contributed by atoms with Crippen molar-refractivity contribution in [2.24, 2.45) is 13.0 Å². The third kappa shape index (κ3) is 3.35. The molecule has 2 unspecified atom stereocenters. The number of para-hydroxylation sites is 1. The highest BCUT2D eigenvalue weighted by molar-refractivity contribution is 5.81. The fourth-order valence-corrected chi connectivity index (χ4v) is 3.42. The summed E-state index contributed by atoms with van der Waals surface area (Å²) < 4.78 is 6.99. The lowest BCUT2D eigenvalue weighted by molar-refractivity contribution is -0.152. The topological polar surface area (TPSA) is 84.7 Å². The molecule has 7 nitrogen and oxygen atoms in total. The number of hydrogen-bond acceptors (Lipinski definition) is 4. The Kier molecular flexibility index (Phi) is 4.74. The van der Waals surface area contributed by atoms with E-state index in [4.69, 9.17) is 4.74 Å². The maximum atomic E-state index is 12.6. The van der Waals surface area contributed by atoms with Crippen molar-refractivity contribution in [2.75, 3.05) is 7.11 Å². The van der Waals surface area contributed by atoms with Crippen LogP contribution < -0.4 is 4.74 Å². The van der Waals surface area contributed by atoms with Crippen molar-refractivity contribution in [3.8, 4) is 5.75 Å². The highest BCUT2D eigenvalue weighted by atomic mass is 16.5. The number of hydrogen-bond donors (Lipinski definition) is 1. The van der Waals surface area contributed by atoms with Gasteiger partial charge >= 0.3 is 5.97 Å². The first kappa shape index (κ1) is 17.0. The van der Waals surface area contributed by atoms with Gasteiger partial charge in [0, 0.05) is 37.3 Å². The second kappa shape index (κ2) is 6.96. The van der Waals surface area contributed by atoms with Gasteiger partial charge in [0.2, 0.25) is 5.91 Å².